The van der Waals surface area contributed by atoms with E-state index in [4.69, 9.17) is 9.47 Å². The Balaban J connectivity index is 1.41. The average Bonchev–Trinajstić information content (AvgIpc) is 2.99. The van der Waals surface area contributed by atoms with E-state index in [-0.39, 0.29) is 18.6 Å². The molecule has 7 nitrogen and oxygen atoms in total. The fourth-order valence-electron chi connectivity index (χ4n) is 4.37. The molecule has 1 saturated heterocycles. The molecule has 1 aliphatic heterocycles. The van der Waals surface area contributed by atoms with Crippen LogP contribution in [0.1, 0.15) is 29.5 Å². The standard InChI is InChI=1S/C24H29N3O4/c1-17-6-8-19(9-7-17)31-14-13-26(2)16-27-22(28)24(25-23(27)29)12-4-5-18-15-20(30-3)10-11-21(18)24/h6-11,15H,4-5,12-14,16H2,1-3H3,(H,25,29)/t24-/m0/s1. The molecule has 1 N–H and O–H groups in total. The van der Waals surface area contributed by atoms with Crippen LogP contribution >= 0.6 is 0 Å². The van der Waals surface area contributed by atoms with E-state index in [9.17, 15) is 9.59 Å². The molecular formula is C24H29N3O4. The summed E-state index contributed by atoms with van der Waals surface area (Å²) in [6, 6.07) is 13.3. The first-order valence-corrected chi connectivity index (χ1v) is 10.6. The number of hydrogen-bond donors (Lipinski definition) is 1. The van der Waals surface area contributed by atoms with Gasteiger partial charge in [-0.15, -0.1) is 0 Å². The van der Waals surface area contributed by atoms with E-state index in [1.165, 1.54) is 10.5 Å². The van der Waals surface area contributed by atoms with E-state index in [1.807, 2.05) is 61.3 Å². The lowest BCUT2D eigenvalue weighted by atomic mass is 9.76. The molecular weight excluding hydrogens is 394 g/mol. The Morgan fingerprint density at radius 3 is 2.61 bits per heavy atom. The Labute approximate surface area is 182 Å². The van der Waals surface area contributed by atoms with Crippen molar-refractivity contribution in [1.82, 2.24) is 15.1 Å². The maximum atomic E-state index is 13.4. The maximum absolute atomic E-state index is 13.4. The van der Waals surface area contributed by atoms with Gasteiger partial charge in [-0.25, -0.2) is 9.69 Å². The lowest BCUT2D eigenvalue weighted by Crippen LogP contribution is -2.47. The lowest BCUT2D eigenvalue weighted by Gasteiger charge is -2.33. The number of likely N-dealkylation sites (N-methyl/N-ethyl adjacent to an activating group) is 1. The summed E-state index contributed by atoms with van der Waals surface area (Å²) < 4.78 is 11.1. The Bertz CT molecular complexity index is 975. The van der Waals surface area contributed by atoms with E-state index in [0.29, 0.717) is 19.6 Å². The summed E-state index contributed by atoms with van der Waals surface area (Å²) in [5.41, 5.74) is 2.14. The Hall–Kier alpha value is -3.06. The monoisotopic (exact) mass is 423 g/mol. The third-order valence-electron chi connectivity index (χ3n) is 6.09. The molecule has 164 valence electrons. The van der Waals surface area contributed by atoms with Crippen molar-refractivity contribution >= 4 is 11.9 Å². The van der Waals surface area contributed by atoms with Gasteiger partial charge < -0.3 is 14.8 Å². The molecule has 4 rings (SSSR count). The molecule has 7 heteroatoms. The number of hydrogen-bond acceptors (Lipinski definition) is 5. The number of nitrogens with one attached hydrogen (secondary N) is 1. The van der Waals surface area contributed by atoms with Crippen LogP contribution in [-0.4, -0.2) is 55.7 Å². The first-order valence-electron chi connectivity index (χ1n) is 10.6. The van der Waals surface area contributed by atoms with Gasteiger partial charge in [-0.2, -0.15) is 0 Å². The van der Waals surface area contributed by atoms with E-state index < -0.39 is 5.54 Å². The number of benzene rings is 2. The highest BCUT2D eigenvalue weighted by molar-refractivity contribution is 6.07. The summed E-state index contributed by atoms with van der Waals surface area (Å²) in [4.78, 5) is 29.4. The molecule has 0 saturated carbocycles. The average molecular weight is 424 g/mol. The fourth-order valence-corrected chi connectivity index (χ4v) is 4.37. The van der Waals surface area contributed by atoms with Gasteiger partial charge in [-0.05, 0) is 68.6 Å². The predicted octanol–water partition coefficient (Wildman–Crippen LogP) is 3.06. The molecule has 2 aliphatic rings. The van der Waals surface area contributed by atoms with Gasteiger partial charge in [0.1, 0.15) is 23.6 Å². The number of carbonyl (C=O) groups is 2. The van der Waals surface area contributed by atoms with Gasteiger partial charge in [-0.1, -0.05) is 23.8 Å². The minimum absolute atomic E-state index is 0.185. The number of rotatable bonds is 7. The second kappa shape index (κ2) is 8.59. The van der Waals surface area contributed by atoms with E-state index in [2.05, 4.69) is 5.32 Å². The number of fused-ring (bicyclic) bond motifs is 2. The largest absolute Gasteiger partial charge is 0.497 e. The van der Waals surface area contributed by atoms with Gasteiger partial charge in [0.15, 0.2) is 0 Å². The van der Waals surface area contributed by atoms with Crippen molar-refractivity contribution in [1.29, 1.82) is 0 Å². The van der Waals surface area contributed by atoms with Crippen molar-refractivity contribution in [2.24, 2.45) is 0 Å². The smallest absolute Gasteiger partial charge is 0.326 e. The molecule has 0 radical (unpaired) electrons. The number of imide groups is 1. The summed E-state index contributed by atoms with van der Waals surface area (Å²) in [5.74, 6) is 1.38. The molecule has 31 heavy (non-hydrogen) atoms. The van der Waals surface area contributed by atoms with Crippen LogP contribution < -0.4 is 14.8 Å². The van der Waals surface area contributed by atoms with Crippen LogP contribution in [0.5, 0.6) is 11.5 Å². The van der Waals surface area contributed by atoms with Crippen LogP contribution in [0.2, 0.25) is 0 Å². The SMILES string of the molecule is COc1ccc2c(c1)CCC[C@]21NC(=O)N(CN(C)CCOc2ccc(C)cc2)C1=O. The first-order chi connectivity index (χ1) is 14.9. The Morgan fingerprint density at radius 1 is 1.13 bits per heavy atom. The minimum atomic E-state index is -0.976. The highest BCUT2D eigenvalue weighted by Crippen LogP contribution is 2.41. The second-order valence-electron chi connectivity index (χ2n) is 8.33. The summed E-state index contributed by atoms with van der Waals surface area (Å²) >= 11 is 0. The number of urea groups is 1. The summed E-state index contributed by atoms with van der Waals surface area (Å²) in [5, 5.41) is 2.99. The number of amides is 3. The predicted molar refractivity (Wildman–Crippen MR) is 117 cm³/mol. The highest BCUT2D eigenvalue weighted by atomic mass is 16.5. The molecule has 1 spiro atoms. The molecule has 3 amide bonds. The van der Waals surface area contributed by atoms with E-state index >= 15 is 0 Å². The van der Waals surface area contributed by atoms with Crippen LogP contribution in [0.3, 0.4) is 0 Å². The zero-order valence-corrected chi connectivity index (χ0v) is 18.3. The fraction of sp³-hybridized carbons (Fsp3) is 0.417. The van der Waals surface area contributed by atoms with Gasteiger partial charge in [0.25, 0.3) is 5.91 Å². The summed E-state index contributed by atoms with van der Waals surface area (Å²) in [7, 11) is 3.51. The molecule has 0 aromatic heterocycles. The summed E-state index contributed by atoms with van der Waals surface area (Å²) in [6.45, 7) is 3.31. The molecule has 1 heterocycles. The van der Waals surface area contributed by atoms with Gasteiger partial charge in [0, 0.05) is 6.54 Å². The number of aryl methyl sites for hydroxylation is 2. The van der Waals surface area contributed by atoms with Gasteiger partial charge >= 0.3 is 6.03 Å². The van der Waals surface area contributed by atoms with Crippen LogP contribution in [0.15, 0.2) is 42.5 Å². The molecule has 0 unspecified atom stereocenters. The quantitative estimate of drug-likeness (QED) is 0.693. The maximum Gasteiger partial charge on any atom is 0.326 e. The summed E-state index contributed by atoms with van der Waals surface area (Å²) in [6.07, 6.45) is 2.31. The molecule has 1 fully saturated rings. The van der Waals surface area contributed by atoms with Gasteiger partial charge in [0.05, 0.1) is 13.8 Å². The number of ether oxygens (including phenoxy) is 2. The molecule has 1 atom stereocenters. The molecule has 2 aromatic carbocycles. The Morgan fingerprint density at radius 2 is 1.87 bits per heavy atom. The Kier molecular flexibility index (Phi) is 5.87. The van der Waals surface area contributed by atoms with Crippen molar-refractivity contribution in [2.75, 3.05) is 34.0 Å². The minimum Gasteiger partial charge on any atom is -0.497 e. The number of carbonyl (C=O) groups excluding carboxylic acids is 2. The van der Waals surface area contributed by atoms with Crippen LogP contribution in [0.25, 0.3) is 0 Å². The van der Waals surface area contributed by atoms with Crippen LogP contribution in [-0.2, 0) is 16.8 Å². The van der Waals surface area contributed by atoms with Crippen LogP contribution in [0.4, 0.5) is 4.79 Å². The van der Waals surface area contributed by atoms with Crippen molar-refractivity contribution < 1.29 is 19.1 Å². The third-order valence-corrected chi connectivity index (χ3v) is 6.09. The molecule has 1 aliphatic carbocycles. The van der Waals surface area contributed by atoms with Gasteiger partial charge in [-0.3, -0.25) is 9.69 Å². The second-order valence-corrected chi connectivity index (χ2v) is 8.33. The normalized spacial score (nSPS) is 20.2. The van der Waals surface area contributed by atoms with E-state index in [0.717, 1.165) is 35.5 Å². The molecule has 2 aromatic rings. The zero-order chi connectivity index (χ0) is 22.0. The molecule has 0 bridgehead atoms. The van der Waals surface area contributed by atoms with Gasteiger partial charge in [0.2, 0.25) is 0 Å². The van der Waals surface area contributed by atoms with E-state index in [1.54, 1.807) is 7.11 Å². The van der Waals surface area contributed by atoms with Crippen molar-refractivity contribution in [2.45, 2.75) is 31.7 Å². The first kappa shape index (κ1) is 21.2. The topological polar surface area (TPSA) is 71.1 Å². The van der Waals surface area contributed by atoms with Crippen molar-refractivity contribution in [3.8, 4) is 11.5 Å². The third kappa shape index (κ3) is 4.10. The van der Waals surface area contributed by atoms with Crippen molar-refractivity contribution in [3.05, 3.63) is 59.2 Å². The van der Waals surface area contributed by atoms with Crippen LogP contribution in [0, 0.1) is 6.92 Å². The number of nitrogens with zero attached hydrogens (tertiary/aromatic N) is 2. The zero-order valence-electron chi connectivity index (χ0n) is 18.3. The highest BCUT2D eigenvalue weighted by Gasteiger charge is 2.54. The van der Waals surface area contributed by atoms with Crippen molar-refractivity contribution in [3.63, 3.8) is 0 Å². The lowest BCUT2D eigenvalue weighted by molar-refractivity contribution is -0.133. The number of methoxy groups -OCH3 is 1.